The molecule has 0 N–H and O–H groups in total. The summed E-state index contributed by atoms with van der Waals surface area (Å²) in [5, 5.41) is 2.70. The van der Waals surface area contributed by atoms with E-state index in [9.17, 15) is 4.79 Å². The summed E-state index contributed by atoms with van der Waals surface area (Å²) in [5.41, 5.74) is 5.05. The second-order valence-corrected chi connectivity index (χ2v) is 16.3. The van der Waals surface area contributed by atoms with E-state index in [4.69, 9.17) is 0 Å². The Hall–Kier alpha value is -1.92. The molecule has 0 amide bonds. The molecule has 0 atom stereocenters. The van der Waals surface area contributed by atoms with E-state index >= 15 is 0 Å². The number of hydrogen-bond acceptors (Lipinski definition) is 5. The van der Waals surface area contributed by atoms with Gasteiger partial charge in [-0.05, 0) is 37.8 Å². The van der Waals surface area contributed by atoms with E-state index in [2.05, 4.69) is 62.4 Å². The highest BCUT2D eigenvalue weighted by Crippen LogP contribution is 2.56. The molecule has 0 saturated carbocycles. The Morgan fingerprint density at radius 3 is 1.76 bits per heavy atom. The molecule has 4 heterocycles. The van der Waals surface area contributed by atoms with Gasteiger partial charge in [0.15, 0.2) is 5.78 Å². The maximum atomic E-state index is 13.8. The molecule has 0 fully saturated rings. The van der Waals surface area contributed by atoms with Crippen LogP contribution in [0.1, 0.15) is 105 Å². The van der Waals surface area contributed by atoms with Crippen molar-refractivity contribution in [2.45, 2.75) is 102 Å². The molecule has 1 aliphatic rings. The number of unbranched alkanes of at least 4 members (excludes halogenated alkanes) is 8. The Morgan fingerprint density at radius 1 is 0.595 bits per heavy atom. The summed E-state index contributed by atoms with van der Waals surface area (Å²) in [6.45, 7) is 4.57. The second-order valence-electron chi connectivity index (χ2n) is 11.6. The first kappa shape index (κ1) is 30.1. The number of rotatable bonds is 14. The van der Waals surface area contributed by atoms with Gasteiger partial charge in [0.2, 0.25) is 0 Å². The zero-order valence-corrected chi connectivity index (χ0v) is 28.3. The summed E-state index contributed by atoms with van der Waals surface area (Å²) < 4.78 is 3.97. The molecule has 5 aromatic rings. The fraction of sp³-hybridized carbons (Fsp3) is 0.432. The number of fused-ring (bicyclic) bond motifs is 3. The van der Waals surface area contributed by atoms with Gasteiger partial charge in [-0.15, -0.1) is 45.8 Å². The Bertz CT molecular complexity index is 1670. The maximum absolute atomic E-state index is 13.8. The first-order chi connectivity index (χ1) is 20.7. The number of Topliss-reactive ketones (excluding diaryl/α,β-unsaturated/α-hetero) is 1. The number of carbonyl (C=O) groups is 1. The lowest BCUT2D eigenvalue weighted by molar-refractivity contribution is 0.0986. The molecule has 6 rings (SSSR count). The van der Waals surface area contributed by atoms with Gasteiger partial charge in [-0.1, -0.05) is 102 Å². The topological polar surface area (TPSA) is 17.1 Å². The highest BCUT2D eigenvalue weighted by Gasteiger charge is 2.33. The van der Waals surface area contributed by atoms with Crippen molar-refractivity contribution in [1.29, 1.82) is 0 Å². The number of aryl methyl sites for hydroxylation is 2. The number of thiophene rings is 3. The van der Waals surface area contributed by atoms with E-state index in [0.717, 1.165) is 24.2 Å². The molecule has 0 bridgehead atoms. The number of carbonyl (C=O) groups excluding carboxylic acids is 1. The average molecular weight is 631 g/mol. The minimum Gasteiger partial charge on any atom is -0.294 e. The number of benzene rings is 2. The lowest BCUT2D eigenvalue weighted by Crippen LogP contribution is -2.07. The molecule has 3 aromatic heterocycles. The van der Waals surface area contributed by atoms with E-state index < -0.39 is 0 Å². The number of ketones is 1. The molecule has 220 valence electrons. The Labute approximate surface area is 267 Å². The maximum Gasteiger partial charge on any atom is 0.166 e. The van der Waals surface area contributed by atoms with Gasteiger partial charge in [0.05, 0.1) is 9.77 Å². The van der Waals surface area contributed by atoms with E-state index in [1.165, 1.54) is 120 Å². The molecule has 1 nitrogen and oxygen atoms in total. The van der Waals surface area contributed by atoms with Crippen LogP contribution >= 0.6 is 45.8 Å². The Kier molecular flexibility index (Phi) is 10.2. The monoisotopic (exact) mass is 630 g/mol. The molecule has 1 aliphatic heterocycles. The van der Waals surface area contributed by atoms with Gasteiger partial charge < -0.3 is 0 Å². The summed E-state index contributed by atoms with van der Waals surface area (Å²) in [4.78, 5) is 18.1. The van der Waals surface area contributed by atoms with Crippen LogP contribution in [-0.2, 0) is 12.8 Å². The van der Waals surface area contributed by atoms with Gasteiger partial charge in [-0.3, -0.25) is 4.79 Å². The van der Waals surface area contributed by atoms with Crippen molar-refractivity contribution in [2.24, 2.45) is 0 Å². The van der Waals surface area contributed by atoms with Crippen LogP contribution in [0.15, 0.2) is 52.7 Å². The van der Waals surface area contributed by atoms with Gasteiger partial charge in [0, 0.05) is 63.7 Å². The average Bonchev–Trinajstić information content (AvgIpc) is 3.67. The van der Waals surface area contributed by atoms with E-state index in [0.29, 0.717) is 12.2 Å². The number of hydrogen-bond donors (Lipinski definition) is 0. The van der Waals surface area contributed by atoms with Crippen LogP contribution in [0.4, 0.5) is 0 Å². The Morgan fingerprint density at radius 2 is 1.14 bits per heavy atom. The molecule has 0 aliphatic carbocycles. The molecule has 0 unspecified atom stereocenters. The molecule has 0 saturated heterocycles. The van der Waals surface area contributed by atoms with Crippen molar-refractivity contribution in [3.8, 4) is 21.6 Å². The third-order valence-corrected chi connectivity index (χ3v) is 13.5. The van der Waals surface area contributed by atoms with Crippen molar-refractivity contribution in [2.75, 3.05) is 5.75 Å². The summed E-state index contributed by atoms with van der Waals surface area (Å²) in [6.07, 6.45) is 15.7. The van der Waals surface area contributed by atoms with Crippen LogP contribution < -0.4 is 0 Å². The summed E-state index contributed by atoms with van der Waals surface area (Å²) in [5.74, 6) is 1.24. The van der Waals surface area contributed by atoms with Crippen LogP contribution in [-0.4, -0.2) is 11.5 Å². The van der Waals surface area contributed by atoms with Crippen molar-refractivity contribution >= 4 is 71.7 Å². The smallest absolute Gasteiger partial charge is 0.166 e. The minimum absolute atomic E-state index is 0.339. The van der Waals surface area contributed by atoms with Crippen molar-refractivity contribution in [3.05, 3.63) is 63.8 Å². The molecular formula is C37H42OS4. The van der Waals surface area contributed by atoms with E-state index in [1.807, 2.05) is 45.8 Å². The zero-order valence-electron chi connectivity index (χ0n) is 25.1. The van der Waals surface area contributed by atoms with Crippen LogP contribution in [0.5, 0.6) is 0 Å². The third kappa shape index (κ3) is 6.18. The zero-order chi connectivity index (χ0) is 28.9. The number of thioether (sulfide) groups is 1. The van der Waals surface area contributed by atoms with Crippen molar-refractivity contribution in [1.82, 2.24) is 0 Å². The van der Waals surface area contributed by atoms with E-state index in [-0.39, 0.29) is 0 Å². The first-order valence-electron chi connectivity index (χ1n) is 16.1. The normalized spacial score (nSPS) is 13.4. The molecule has 0 radical (unpaired) electrons. The van der Waals surface area contributed by atoms with Gasteiger partial charge in [-0.25, -0.2) is 0 Å². The fourth-order valence-electron chi connectivity index (χ4n) is 6.39. The lowest BCUT2D eigenvalue weighted by Gasteiger charge is -2.14. The van der Waals surface area contributed by atoms with Gasteiger partial charge in [0.1, 0.15) is 0 Å². The molecule has 2 aromatic carbocycles. The van der Waals surface area contributed by atoms with Crippen LogP contribution in [0, 0.1) is 0 Å². The first-order valence-corrected chi connectivity index (χ1v) is 19.5. The van der Waals surface area contributed by atoms with E-state index in [1.54, 1.807) is 0 Å². The SMILES string of the molecule is CCCCCCCc1sc2ccccc2c1-c1sc2c(c1-c1c(CCCCCCC)sc3ccccc13)C(=O)CCS2. The highest BCUT2D eigenvalue weighted by molar-refractivity contribution is 8.01. The van der Waals surface area contributed by atoms with Gasteiger partial charge in [-0.2, -0.15) is 0 Å². The van der Waals surface area contributed by atoms with Crippen molar-refractivity contribution in [3.63, 3.8) is 0 Å². The van der Waals surface area contributed by atoms with Gasteiger partial charge >= 0.3 is 0 Å². The summed E-state index contributed by atoms with van der Waals surface area (Å²) in [6, 6.07) is 17.9. The molecule has 0 spiro atoms. The second kappa shape index (κ2) is 14.2. The quantitative estimate of drug-likeness (QED) is 0.114. The largest absolute Gasteiger partial charge is 0.294 e. The molecular weight excluding hydrogens is 589 g/mol. The van der Waals surface area contributed by atoms with Crippen LogP contribution in [0.3, 0.4) is 0 Å². The Balaban J connectivity index is 1.53. The van der Waals surface area contributed by atoms with Crippen molar-refractivity contribution < 1.29 is 4.79 Å². The highest BCUT2D eigenvalue weighted by atomic mass is 32.2. The predicted molar refractivity (Wildman–Crippen MR) is 191 cm³/mol. The minimum atomic E-state index is 0.339. The fourth-order valence-corrected chi connectivity index (χ4v) is 11.7. The van der Waals surface area contributed by atoms with Crippen LogP contribution in [0.25, 0.3) is 41.7 Å². The van der Waals surface area contributed by atoms with Gasteiger partial charge in [0.25, 0.3) is 0 Å². The summed E-state index contributed by atoms with van der Waals surface area (Å²) >= 11 is 7.75. The van der Waals surface area contributed by atoms with Crippen LogP contribution in [0.2, 0.25) is 0 Å². The molecule has 5 heteroatoms. The predicted octanol–water partition coefficient (Wildman–Crippen LogP) is 13.2. The summed E-state index contributed by atoms with van der Waals surface area (Å²) in [7, 11) is 0. The third-order valence-electron chi connectivity index (χ3n) is 8.55. The lowest BCUT2D eigenvalue weighted by atomic mass is 9.91. The standard InChI is InChI=1S/C37H42OS4/c1-3-5-7-9-11-21-30-32(25-17-13-15-19-28(25)40-30)35-34-27(38)23-24-39-37(34)42-36(35)33-26-18-14-16-20-29(26)41-31(33)22-12-10-8-6-4-2/h13-20H,3-12,21-24H2,1-2H3. The molecule has 42 heavy (non-hydrogen) atoms.